The lowest BCUT2D eigenvalue weighted by atomic mass is 10.1. The van der Waals surface area contributed by atoms with Crippen LogP contribution in [0.15, 0.2) is 12.1 Å². The number of ether oxygens (including phenoxy) is 1. The minimum absolute atomic E-state index is 0.147. The van der Waals surface area contributed by atoms with Crippen LogP contribution in [0.1, 0.15) is 5.56 Å². The number of benzene rings is 1. The van der Waals surface area contributed by atoms with Crippen LogP contribution in [0.25, 0.3) is 0 Å². The SMILES string of the molecule is Nc1cc2c(cc1O)CCO2. The third-order valence-electron chi connectivity index (χ3n) is 1.84. The summed E-state index contributed by atoms with van der Waals surface area (Å²) < 4.78 is 5.24. The van der Waals surface area contributed by atoms with Gasteiger partial charge in [0.2, 0.25) is 0 Å². The monoisotopic (exact) mass is 151 g/mol. The van der Waals surface area contributed by atoms with Gasteiger partial charge in [-0.25, -0.2) is 0 Å². The van der Waals surface area contributed by atoms with Crippen LogP contribution < -0.4 is 10.5 Å². The summed E-state index contributed by atoms with van der Waals surface area (Å²) in [4.78, 5) is 0. The van der Waals surface area contributed by atoms with Gasteiger partial charge in [0.25, 0.3) is 0 Å². The van der Waals surface area contributed by atoms with E-state index in [-0.39, 0.29) is 5.75 Å². The lowest BCUT2D eigenvalue weighted by Gasteiger charge is -2.01. The summed E-state index contributed by atoms with van der Waals surface area (Å²) >= 11 is 0. The van der Waals surface area contributed by atoms with Crippen molar-refractivity contribution in [3.63, 3.8) is 0 Å². The number of fused-ring (bicyclic) bond motifs is 1. The van der Waals surface area contributed by atoms with Crippen LogP contribution in [0.4, 0.5) is 5.69 Å². The van der Waals surface area contributed by atoms with Crippen LogP contribution in [0, 0.1) is 0 Å². The zero-order valence-corrected chi connectivity index (χ0v) is 6.00. The molecule has 0 aliphatic carbocycles. The van der Waals surface area contributed by atoms with E-state index in [0.717, 1.165) is 17.7 Å². The summed E-state index contributed by atoms with van der Waals surface area (Å²) in [6.07, 6.45) is 0.864. The fourth-order valence-corrected chi connectivity index (χ4v) is 1.23. The van der Waals surface area contributed by atoms with E-state index >= 15 is 0 Å². The Bertz CT molecular complexity index is 267. The Morgan fingerprint density at radius 3 is 3.09 bits per heavy atom. The number of nitrogen functional groups attached to an aromatic ring is 1. The van der Waals surface area contributed by atoms with Gasteiger partial charge in [-0.1, -0.05) is 0 Å². The molecule has 0 unspecified atom stereocenters. The number of nitrogens with two attached hydrogens (primary N) is 1. The van der Waals surface area contributed by atoms with Crippen LogP contribution in [-0.2, 0) is 6.42 Å². The van der Waals surface area contributed by atoms with Gasteiger partial charge in [0.05, 0.1) is 12.3 Å². The molecule has 3 N–H and O–H groups in total. The van der Waals surface area contributed by atoms with Gasteiger partial charge in [0.1, 0.15) is 11.5 Å². The molecule has 0 saturated carbocycles. The zero-order valence-electron chi connectivity index (χ0n) is 6.00. The van der Waals surface area contributed by atoms with E-state index in [1.807, 2.05) is 0 Å². The van der Waals surface area contributed by atoms with Crippen molar-refractivity contribution in [2.75, 3.05) is 12.3 Å². The number of phenolic OH excluding ortho intramolecular Hbond substituents is 1. The highest BCUT2D eigenvalue weighted by Gasteiger charge is 2.13. The number of hydrogen-bond acceptors (Lipinski definition) is 3. The predicted molar refractivity (Wildman–Crippen MR) is 41.7 cm³/mol. The maximum atomic E-state index is 9.20. The maximum absolute atomic E-state index is 9.20. The second kappa shape index (κ2) is 2.05. The van der Waals surface area contributed by atoms with E-state index in [1.54, 1.807) is 12.1 Å². The molecule has 0 aromatic heterocycles. The molecule has 0 bridgehead atoms. The molecular formula is C8H9NO2. The Hall–Kier alpha value is -1.38. The summed E-state index contributed by atoms with van der Waals surface area (Å²) in [6, 6.07) is 3.33. The Balaban J connectivity index is 2.57. The first-order valence-electron chi connectivity index (χ1n) is 3.51. The highest BCUT2D eigenvalue weighted by Crippen LogP contribution is 2.33. The fourth-order valence-electron chi connectivity index (χ4n) is 1.23. The summed E-state index contributed by atoms with van der Waals surface area (Å²) in [5, 5.41) is 9.20. The summed E-state index contributed by atoms with van der Waals surface area (Å²) in [6.45, 7) is 0.693. The molecule has 0 fully saturated rings. The molecule has 1 aliphatic heterocycles. The molecule has 3 heteroatoms. The summed E-state index contributed by atoms with van der Waals surface area (Å²) in [5.74, 6) is 0.953. The average molecular weight is 151 g/mol. The third-order valence-corrected chi connectivity index (χ3v) is 1.84. The Labute approximate surface area is 64.4 Å². The smallest absolute Gasteiger partial charge is 0.139 e. The van der Waals surface area contributed by atoms with Gasteiger partial charge < -0.3 is 15.6 Å². The molecule has 0 spiro atoms. The standard InChI is InChI=1S/C8H9NO2/c9-6-4-8-5(1-2-11-8)3-7(6)10/h3-4,10H,1-2,9H2. The lowest BCUT2D eigenvalue weighted by Crippen LogP contribution is -1.88. The van der Waals surface area contributed by atoms with Crippen LogP contribution in [0.3, 0.4) is 0 Å². The number of phenols is 1. The molecule has 11 heavy (non-hydrogen) atoms. The third kappa shape index (κ3) is 0.888. The van der Waals surface area contributed by atoms with Crippen LogP contribution in [0.5, 0.6) is 11.5 Å². The van der Waals surface area contributed by atoms with Gasteiger partial charge in [-0.15, -0.1) is 0 Å². The second-order valence-electron chi connectivity index (χ2n) is 2.62. The van der Waals surface area contributed by atoms with Crippen molar-refractivity contribution in [2.45, 2.75) is 6.42 Å². The maximum Gasteiger partial charge on any atom is 0.139 e. The van der Waals surface area contributed by atoms with Crippen molar-refractivity contribution in [1.29, 1.82) is 0 Å². The number of rotatable bonds is 0. The van der Waals surface area contributed by atoms with E-state index in [9.17, 15) is 5.11 Å². The van der Waals surface area contributed by atoms with Gasteiger partial charge in [-0.3, -0.25) is 0 Å². The van der Waals surface area contributed by atoms with Crippen molar-refractivity contribution >= 4 is 5.69 Å². The number of aromatic hydroxyl groups is 1. The van der Waals surface area contributed by atoms with Crippen molar-refractivity contribution in [2.24, 2.45) is 0 Å². The van der Waals surface area contributed by atoms with E-state index in [0.29, 0.717) is 12.3 Å². The first-order valence-corrected chi connectivity index (χ1v) is 3.51. The molecule has 1 aliphatic rings. The first kappa shape index (κ1) is 6.34. The van der Waals surface area contributed by atoms with E-state index in [2.05, 4.69) is 0 Å². The zero-order chi connectivity index (χ0) is 7.84. The Morgan fingerprint density at radius 2 is 2.27 bits per heavy atom. The normalized spacial score (nSPS) is 14.2. The molecule has 3 nitrogen and oxygen atoms in total. The van der Waals surface area contributed by atoms with Crippen LogP contribution in [-0.4, -0.2) is 11.7 Å². The predicted octanol–water partition coefficient (Wildman–Crippen LogP) is 0.909. The first-order chi connectivity index (χ1) is 5.27. The molecule has 1 aromatic rings. The highest BCUT2D eigenvalue weighted by atomic mass is 16.5. The topological polar surface area (TPSA) is 55.5 Å². The second-order valence-corrected chi connectivity index (χ2v) is 2.62. The van der Waals surface area contributed by atoms with Gasteiger partial charge in [0, 0.05) is 18.1 Å². The molecule has 0 atom stereocenters. The number of anilines is 1. The largest absolute Gasteiger partial charge is 0.506 e. The molecule has 58 valence electrons. The fraction of sp³-hybridized carbons (Fsp3) is 0.250. The van der Waals surface area contributed by atoms with Crippen LogP contribution >= 0.6 is 0 Å². The Morgan fingerprint density at radius 1 is 1.45 bits per heavy atom. The minimum Gasteiger partial charge on any atom is -0.506 e. The van der Waals surface area contributed by atoms with Gasteiger partial charge in [-0.05, 0) is 6.07 Å². The van der Waals surface area contributed by atoms with Crippen molar-refractivity contribution in [3.8, 4) is 11.5 Å². The molecule has 2 rings (SSSR count). The molecule has 0 saturated heterocycles. The van der Waals surface area contributed by atoms with E-state index in [4.69, 9.17) is 10.5 Å². The van der Waals surface area contributed by atoms with Crippen molar-refractivity contribution in [1.82, 2.24) is 0 Å². The van der Waals surface area contributed by atoms with Gasteiger partial charge >= 0.3 is 0 Å². The molecule has 1 aromatic carbocycles. The van der Waals surface area contributed by atoms with Crippen molar-refractivity contribution < 1.29 is 9.84 Å². The lowest BCUT2D eigenvalue weighted by molar-refractivity contribution is 0.357. The quantitative estimate of drug-likeness (QED) is 0.428. The van der Waals surface area contributed by atoms with Gasteiger partial charge in [-0.2, -0.15) is 0 Å². The molecule has 0 radical (unpaired) electrons. The summed E-state index contributed by atoms with van der Waals surface area (Å²) in [7, 11) is 0. The van der Waals surface area contributed by atoms with Gasteiger partial charge in [0.15, 0.2) is 0 Å². The Kier molecular flexibility index (Phi) is 1.18. The summed E-state index contributed by atoms with van der Waals surface area (Å²) in [5.41, 5.74) is 6.88. The van der Waals surface area contributed by atoms with Crippen LogP contribution in [0.2, 0.25) is 0 Å². The minimum atomic E-state index is 0.147. The number of hydrogen-bond donors (Lipinski definition) is 2. The van der Waals surface area contributed by atoms with E-state index < -0.39 is 0 Å². The van der Waals surface area contributed by atoms with E-state index in [1.165, 1.54) is 0 Å². The van der Waals surface area contributed by atoms with Crippen molar-refractivity contribution in [3.05, 3.63) is 17.7 Å². The highest BCUT2D eigenvalue weighted by molar-refractivity contribution is 5.59. The molecular weight excluding hydrogens is 142 g/mol. The average Bonchev–Trinajstić information content (AvgIpc) is 2.36. The molecule has 0 amide bonds. The molecule has 1 heterocycles.